The molecule has 0 aliphatic rings. The van der Waals surface area contributed by atoms with Crippen molar-refractivity contribution in [1.82, 2.24) is 10.6 Å². The normalized spacial score (nSPS) is 10.0. The molecule has 0 aromatic heterocycles. The van der Waals surface area contributed by atoms with Crippen molar-refractivity contribution in [2.24, 2.45) is 0 Å². The number of likely N-dealkylation sites (N-methyl/N-ethyl adjacent to an activating group) is 1. The molecule has 0 bridgehead atoms. The highest BCUT2D eigenvalue weighted by atomic mass is 35.5. The molecule has 0 spiro atoms. The molecule has 0 fully saturated rings. The van der Waals surface area contributed by atoms with E-state index in [0.29, 0.717) is 18.1 Å². The minimum atomic E-state index is -0.306. The third-order valence-electron chi connectivity index (χ3n) is 1.86. The van der Waals surface area contributed by atoms with Gasteiger partial charge in [0.25, 0.3) is 5.91 Å². The van der Waals surface area contributed by atoms with Gasteiger partial charge in [0.15, 0.2) is 0 Å². The summed E-state index contributed by atoms with van der Waals surface area (Å²) >= 11 is 5.65. The van der Waals surface area contributed by atoms with Crippen LogP contribution in [0.25, 0.3) is 0 Å². The summed E-state index contributed by atoms with van der Waals surface area (Å²) in [5.74, 6) is -0.413. The van der Waals surface area contributed by atoms with Gasteiger partial charge in [-0.25, -0.2) is 0 Å². The first kappa shape index (κ1) is 11.8. The van der Waals surface area contributed by atoms with Gasteiger partial charge in [-0.15, -0.1) is 0 Å². The van der Waals surface area contributed by atoms with Gasteiger partial charge in [0.2, 0.25) is 0 Å². The van der Waals surface area contributed by atoms with Gasteiger partial charge in [-0.1, -0.05) is 11.6 Å². The lowest BCUT2D eigenvalue weighted by atomic mass is 10.2. The van der Waals surface area contributed by atoms with Crippen LogP contribution in [-0.2, 0) is 0 Å². The molecule has 1 amide bonds. The average Bonchev–Trinajstić information content (AvgIpc) is 2.17. The number of carbonyl (C=O) groups excluding carboxylic acids is 1. The summed E-state index contributed by atoms with van der Waals surface area (Å²) in [7, 11) is 1.80. The maximum Gasteiger partial charge on any atom is 0.255 e. The molecule has 4 nitrogen and oxygen atoms in total. The van der Waals surface area contributed by atoms with Crippen molar-refractivity contribution in [2.75, 3.05) is 20.1 Å². The summed E-state index contributed by atoms with van der Waals surface area (Å²) < 4.78 is 0. The molecule has 0 radical (unpaired) electrons. The number of hydrogen-bond donors (Lipinski definition) is 3. The van der Waals surface area contributed by atoms with Crippen molar-refractivity contribution >= 4 is 17.5 Å². The Morgan fingerprint density at radius 3 is 2.80 bits per heavy atom. The van der Waals surface area contributed by atoms with Gasteiger partial charge in [-0.2, -0.15) is 0 Å². The van der Waals surface area contributed by atoms with Gasteiger partial charge < -0.3 is 15.7 Å². The Kier molecular flexibility index (Phi) is 4.39. The quantitative estimate of drug-likeness (QED) is 0.674. The number of nitrogens with one attached hydrogen (secondary N) is 2. The summed E-state index contributed by atoms with van der Waals surface area (Å²) in [6, 6.07) is 4.40. The van der Waals surface area contributed by atoms with Crippen LogP contribution in [0.4, 0.5) is 0 Å². The highest BCUT2D eigenvalue weighted by molar-refractivity contribution is 6.30. The zero-order valence-electron chi connectivity index (χ0n) is 8.38. The van der Waals surface area contributed by atoms with E-state index in [4.69, 9.17) is 11.6 Å². The second-order valence-electron chi connectivity index (χ2n) is 3.02. The van der Waals surface area contributed by atoms with E-state index < -0.39 is 0 Å². The van der Waals surface area contributed by atoms with E-state index in [9.17, 15) is 9.90 Å². The van der Waals surface area contributed by atoms with Crippen LogP contribution in [0.2, 0.25) is 5.02 Å². The van der Waals surface area contributed by atoms with Gasteiger partial charge in [0.1, 0.15) is 5.75 Å². The zero-order chi connectivity index (χ0) is 11.3. The van der Waals surface area contributed by atoms with E-state index >= 15 is 0 Å². The Bertz CT molecular complexity index is 355. The molecule has 0 aliphatic heterocycles. The van der Waals surface area contributed by atoms with Crippen molar-refractivity contribution in [3.63, 3.8) is 0 Å². The number of hydrogen-bond acceptors (Lipinski definition) is 3. The van der Waals surface area contributed by atoms with Crippen LogP contribution in [-0.4, -0.2) is 31.2 Å². The molecule has 0 saturated heterocycles. The number of aromatic hydroxyl groups is 1. The molecule has 1 aromatic rings. The highest BCUT2D eigenvalue weighted by Gasteiger charge is 2.10. The molecule has 0 unspecified atom stereocenters. The monoisotopic (exact) mass is 228 g/mol. The molecule has 15 heavy (non-hydrogen) atoms. The maximum absolute atomic E-state index is 11.5. The topological polar surface area (TPSA) is 61.4 Å². The average molecular weight is 229 g/mol. The van der Waals surface area contributed by atoms with Gasteiger partial charge in [-0.05, 0) is 25.2 Å². The van der Waals surface area contributed by atoms with Gasteiger partial charge in [0, 0.05) is 18.1 Å². The lowest BCUT2D eigenvalue weighted by molar-refractivity contribution is 0.0951. The van der Waals surface area contributed by atoms with Crippen molar-refractivity contribution in [3.05, 3.63) is 28.8 Å². The SMILES string of the molecule is CNCCNC(=O)c1ccc(Cl)cc1O. The summed E-state index contributed by atoms with van der Waals surface area (Å²) in [4.78, 5) is 11.5. The maximum atomic E-state index is 11.5. The molecule has 5 heteroatoms. The Balaban J connectivity index is 2.65. The second-order valence-corrected chi connectivity index (χ2v) is 3.46. The zero-order valence-corrected chi connectivity index (χ0v) is 9.14. The molecule has 1 aromatic carbocycles. The first-order valence-corrected chi connectivity index (χ1v) is 4.94. The molecule has 1 rings (SSSR count). The Morgan fingerprint density at radius 1 is 1.47 bits per heavy atom. The fraction of sp³-hybridized carbons (Fsp3) is 0.300. The van der Waals surface area contributed by atoms with E-state index in [1.165, 1.54) is 12.1 Å². The standard InChI is InChI=1S/C10H13ClN2O2/c1-12-4-5-13-10(15)8-3-2-7(11)6-9(8)14/h2-3,6,12,14H,4-5H2,1H3,(H,13,15). The van der Waals surface area contributed by atoms with Crippen LogP contribution in [0.15, 0.2) is 18.2 Å². The Labute approximate surface area is 93.2 Å². The highest BCUT2D eigenvalue weighted by Crippen LogP contribution is 2.21. The number of rotatable bonds is 4. The van der Waals surface area contributed by atoms with Crippen LogP contribution in [0, 0.1) is 0 Å². The Hall–Kier alpha value is -1.26. The predicted molar refractivity (Wildman–Crippen MR) is 59.4 cm³/mol. The molecule has 3 N–H and O–H groups in total. The van der Waals surface area contributed by atoms with E-state index in [1.54, 1.807) is 13.1 Å². The number of carbonyl (C=O) groups is 1. The van der Waals surface area contributed by atoms with Crippen LogP contribution in [0.5, 0.6) is 5.75 Å². The van der Waals surface area contributed by atoms with E-state index in [-0.39, 0.29) is 17.2 Å². The van der Waals surface area contributed by atoms with Crippen LogP contribution in [0.1, 0.15) is 10.4 Å². The fourth-order valence-corrected chi connectivity index (χ4v) is 1.26. The van der Waals surface area contributed by atoms with E-state index in [2.05, 4.69) is 10.6 Å². The molecule has 82 valence electrons. The number of amides is 1. The second kappa shape index (κ2) is 5.58. The fourth-order valence-electron chi connectivity index (χ4n) is 1.09. The molecular formula is C10H13ClN2O2. The first-order valence-electron chi connectivity index (χ1n) is 4.56. The third-order valence-corrected chi connectivity index (χ3v) is 2.10. The molecule has 0 heterocycles. The van der Waals surface area contributed by atoms with Gasteiger partial charge in [0.05, 0.1) is 5.56 Å². The minimum absolute atomic E-state index is 0.107. The number of benzene rings is 1. The van der Waals surface area contributed by atoms with Crippen molar-refractivity contribution in [2.45, 2.75) is 0 Å². The molecule has 0 atom stereocenters. The summed E-state index contributed by atoms with van der Waals surface area (Å²) in [6.07, 6.45) is 0. The minimum Gasteiger partial charge on any atom is -0.507 e. The largest absolute Gasteiger partial charge is 0.507 e. The van der Waals surface area contributed by atoms with E-state index in [1.807, 2.05) is 0 Å². The van der Waals surface area contributed by atoms with Crippen molar-refractivity contribution in [3.8, 4) is 5.75 Å². The first-order chi connectivity index (χ1) is 7.15. The number of halogens is 1. The summed E-state index contributed by atoms with van der Waals surface area (Å²) in [5, 5.41) is 15.4. The van der Waals surface area contributed by atoms with Crippen LogP contribution >= 0.6 is 11.6 Å². The van der Waals surface area contributed by atoms with Gasteiger partial charge >= 0.3 is 0 Å². The number of phenolic OH excluding ortho intramolecular Hbond substituents is 1. The number of phenols is 1. The van der Waals surface area contributed by atoms with Crippen molar-refractivity contribution < 1.29 is 9.90 Å². The summed E-state index contributed by atoms with van der Waals surface area (Å²) in [6.45, 7) is 1.19. The van der Waals surface area contributed by atoms with Crippen LogP contribution in [0.3, 0.4) is 0 Å². The summed E-state index contributed by atoms with van der Waals surface area (Å²) in [5.41, 5.74) is 0.232. The van der Waals surface area contributed by atoms with Crippen molar-refractivity contribution in [1.29, 1.82) is 0 Å². The molecule has 0 saturated carbocycles. The third kappa shape index (κ3) is 3.42. The smallest absolute Gasteiger partial charge is 0.255 e. The predicted octanol–water partition coefficient (Wildman–Crippen LogP) is 0.995. The van der Waals surface area contributed by atoms with Crippen LogP contribution < -0.4 is 10.6 Å². The molecular weight excluding hydrogens is 216 g/mol. The Morgan fingerprint density at radius 2 is 2.20 bits per heavy atom. The van der Waals surface area contributed by atoms with E-state index in [0.717, 1.165) is 0 Å². The lowest BCUT2D eigenvalue weighted by Gasteiger charge is -2.06. The van der Waals surface area contributed by atoms with Gasteiger partial charge in [-0.3, -0.25) is 4.79 Å². The molecule has 0 aliphatic carbocycles. The lowest BCUT2D eigenvalue weighted by Crippen LogP contribution is -2.30.